The van der Waals surface area contributed by atoms with Crippen LogP contribution in [0.1, 0.15) is 32.1 Å². The zero-order valence-corrected chi connectivity index (χ0v) is 17.5. The van der Waals surface area contributed by atoms with Crippen molar-refractivity contribution in [3.05, 3.63) is 46.3 Å². The van der Waals surface area contributed by atoms with Gasteiger partial charge in [-0.25, -0.2) is 4.98 Å². The summed E-state index contributed by atoms with van der Waals surface area (Å²) < 4.78 is 6.85. The predicted molar refractivity (Wildman–Crippen MR) is 113 cm³/mol. The molecule has 1 aliphatic heterocycles. The van der Waals surface area contributed by atoms with Crippen LogP contribution in [0.2, 0.25) is 0 Å². The molecule has 1 aliphatic carbocycles. The zero-order chi connectivity index (χ0) is 18.6. The third-order valence-electron chi connectivity index (χ3n) is 5.16. The molecule has 1 fully saturated rings. The summed E-state index contributed by atoms with van der Waals surface area (Å²) in [6.07, 6.45) is 9.22. The fourth-order valence-corrected chi connectivity index (χ4v) is 4.75. The first-order valence-corrected chi connectivity index (χ1v) is 11.2. The fraction of sp³-hybridized carbons (Fsp3) is 0.429. The number of allylic oxidation sites excluding steroid dienone is 2. The Balaban J connectivity index is 1.58. The van der Waals surface area contributed by atoms with Crippen LogP contribution in [-0.4, -0.2) is 30.1 Å². The minimum atomic E-state index is 0.0523. The van der Waals surface area contributed by atoms with E-state index in [-0.39, 0.29) is 17.9 Å². The molecule has 2 aliphatic rings. The third kappa shape index (κ3) is 4.50. The van der Waals surface area contributed by atoms with Gasteiger partial charge < -0.3 is 4.74 Å². The van der Waals surface area contributed by atoms with E-state index in [9.17, 15) is 4.79 Å². The molecule has 0 spiro atoms. The number of benzene rings is 1. The average Bonchev–Trinajstić information content (AvgIpc) is 3.39. The number of hydrogen-bond donors (Lipinski definition) is 0. The number of hydrogen-bond acceptors (Lipinski definition) is 4. The normalized spacial score (nSPS) is 22.1. The van der Waals surface area contributed by atoms with E-state index in [1.54, 1.807) is 11.3 Å². The first kappa shape index (κ1) is 18.8. The number of ether oxygens (including phenoxy) is 1. The highest BCUT2D eigenvalue weighted by atomic mass is 79.9. The van der Waals surface area contributed by atoms with E-state index in [0.29, 0.717) is 6.54 Å². The molecule has 0 saturated carbocycles. The van der Waals surface area contributed by atoms with E-state index >= 15 is 0 Å². The molecular weight excluding hydrogens is 424 g/mol. The van der Waals surface area contributed by atoms with Crippen molar-refractivity contribution in [2.45, 2.75) is 38.2 Å². The van der Waals surface area contributed by atoms with Crippen molar-refractivity contribution in [3.8, 4) is 11.3 Å². The maximum atomic E-state index is 13.3. The van der Waals surface area contributed by atoms with Gasteiger partial charge in [0, 0.05) is 27.9 Å². The predicted octanol–water partition coefficient (Wildman–Crippen LogP) is 5.44. The molecule has 1 aromatic carbocycles. The Morgan fingerprint density at radius 2 is 2.11 bits per heavy atom. The summed E-state index contributed by atoms with van der Waals surface area (Å²) in [5, 5.41) is 2.82. The second-order valence-electron chi connectivity index (χ2n) is 7.09. The summed E-state index contributed by atoms with van der Waals surface area (Å²) >= 11 is 5.01. The van der Waals surface area contributed by atoms with E-state index in [1.165, 1.54) is 0 Å². The van der Waals surface area contributed by atoms with Gasteiger partial charge in [-0.15, -0.1) is 11.3 Å². The molecule has 142 valence electrons. The molecule has 4 nitrogen and oxygen atoms in total. The molecule has 0 radical (unpaired) electrons. The zero-order valence-electron chi connectivity index (χ0n) is 15.1. The number of carbonyl (C=O) groups is 1. The van der Waals surface area contributed by atoms with Crippen LogP contribution in [0.5, 0.6) is 0 Å². The van der Waals surface area contributed by atoms with Crippen molar-refractivity contribution in [3.63, 3.8) is 0 Å². The van der Waals surface area contributed by atoms with Gasteiger partial charge >= 0.3 is 0 Å². The standard InChI is InChI=1S/C21H23BrN2O2S/c22-17-10-8-15(9-11-17)19-14-27-21(23-19)24(13-18-7-4-12-26-18)20(25)16-5-2-1-3-6-16/h1-2,8-11,14,16,18H,3-7,12-13H2. The maximum absolute atomic E-state index is 13.3. The second kappa shape index (κ2) is 8.67. The van der Waals surface area contributed by atoms with Gasteiger partial charge in [-0.3, -0.25) is 9.69 Å². The lowest BCUT2D eigenvalue weighted by atomic mass is 9.93. The van der Waals surface area contributed by atoms with Crippen LogP contribution in [0.3, 0.4) is 0 Å². The number of rotatable bonds is 5. The SMILES string of the molecule is O=C(C1CC=CCC1)N(CC1CCCO1)c1nc(-c2ccc(Br)cc2)cs1. The van der Waals surface area contributed by atoms with Crippen molar-refractivity contribution >= 4 is 38.3 Å². The number of anilines is 1. The maximum Gasteiger partial charge on any atom is 0.232 e. The lowest BCUT2D eigenvalue weighted by Gasteiger charge is -2.28. The van der Waals surface area contributed by atoms with Gasteiger partial charge in [0.05, 0.1) is 18.3 Å². The highest BCUT2D eigenvalue weighted by Gasteiger charge is 2.30. The molecule has 6 heteroatoms. The van der Waals surface area contributed by atoms with Crippen LogP contribution in [0.4, 0.5) is 5.13 Å². The van der Waals surface area contributed by atoms with Crippen molar-refractivity contribution in [2.75, 3.05) is 18.1 Å². The van der Waals surface area contributed by atoms with Crippen LogP contribution in [-0.2, 0) is 9.53 Å². The van der Waals surface area contributed by atoms with Crippen molar-refractivity contribution < 1.29 is 9.53 Å². The largest absolute Gasteiger partial charge is 0.376 e. The molecule has 1 aromatic heterocycles. The Morgan fingerprint density at radius 3 is 2.81 bits per heavy atom. The van der Waals surface area contributed by atoms with Gasteiger partial charge in [0.25, 0.3) is 0 Å². The smallest absolute Gasteiger partial charge is 0.232 e. The molecule has 2 unspecified atom stereocenters. The van der Waals surface area contributed by atoms with Gasteiger partial charge in [-0.2, -0.15) is 0 Å². The molecule has 27 heavy (non-hydrogen) atoms. The molecule has 1 amide bonds. The van der Waals surface area contributed by atoms with Crippen LogP contribution in [0.25, 0.3) is 11.3 Å². The summed E-state index contributed by atoms with van der Waals surface area (Å²) in [6, 6.07) is 8.11. The molecular formula is C21H23BrN2O2S. The Hall–Kier alpha value is -1.50. The Labute approximate surface area is 172 Å². The molecule has 0 N–H and O–H groups in total. The van der Waals surface area contributed by atoms with Crippen LogP contribution in [0, 0.1) is 5.92 Å². The Kier molecular flexibility index (Phi) is 6.05. The fourth-order valence-electron chi connectivity index (χ4n) is 3.63. The highest BCUT2D eigenvalue weighted by Crippen LogP contribution is 2.32. The van der Waals surface area contributed by atoms with Crippen LogP contribution < -0.4 is 4.90 Å². The average molecular weight is 447 g/mol. The molecule has 0 bridgehead atoms. The first-order valence-electron chi connectivity index (χ1n) is 9.50. The molecule has 1 saturated heterocycles. The van der Waals surface area contributed by atoms with Gasteiger partial charge in [-0.1, -0.05) is 40.2 Å². The molecule has 2 aromatic rings. The topological polar surface area (TPSA) is 42.4 Å². The lowest BCUT2D eigenvalue weighted by molar-refractivity contribution is -0.123. The van der Waals surface area contributed by atoms with E-state index in [0.717, 1.165) is 59.6 Å². The molecule has 4 rings (SSSR count). The number of carbonyl (C=O) groups excluding carboxylic acids is 1. The summed E-state index contributed by atoms with van der Waals surface area (Å²) in [6.45, 7) is 1.40. The summed E-state index contributed by atoms with van der Waals surface area (Å²) in [5.74, 6) is 0.239. The van der Waals surface area contributed by atoms with Crippen molar-refractivity contribution in [1.82, 2.24) is 4.98 Å². The van der Waals surface area contributed by atoms with Gasteiger partial charge in [0.2, 0.25) is 5.91 Å². The number of nitrogens with zero attached hydrogens (tertiary/aromatic N) is 2. The van der Waals surface area contributed by atoms with E-state index in [1.807, 2.05) is 34.5 Å². The van der Waals surface area contributed by atoms with Crippen molar-refractivity contribution in [2.24, 2.45) is 5.92 Å². The molecule has 2 heterocycles. The van der Waals surface area contributed by atoms with E-state index < -0.39 is 0 Å². The Morgan fingerprint density at radius 1 is 1.26 bits per heavy atom. The minimum Gasteiger partial charge on any atom is -0.376 e. The number of aromatic nitrogens is 1. The van der Waals surface area contributed by atoms with Crippen LogP contribution in [0.15, 0.2) is 46.3 Å². The Bertz CT molecular complexity index is 812. The second-order valence-corrected chi connectivity index (χ2v) is 8.84. The number of amides is 1. The lowest BCUT2D eigenvalue weighted by Crippen LogP contribution is -2.41. The summed E-state index contributed by atoms with van der Waals surface area (Å²) in [7, 11) is 0. The third-order valence-corrected chi connectivity index (χ3v) is 6.55. The minimum absolute atomic E-state index is 0.0523. The van der Waals surface area contributed by atoms with Crippen LogP contribution >= 0.6 is 27.3 Å². The van der Waals surface area contributed by atoms with Gasteiger partial charge in [-0.05, 0) is 44.2 Å². The van der Waals surface area contributed by atoms with Gasteiger partial charge in [0.1, 0.15) is 0 Å². The van der Waals surface area contributed by atoms with E-state index in [2.05, 4.69) is 28.1 Å². The number of halogens is 1. The number of thiazole rings is 1. The van der Waals surface area contributed by atoms with Crippen molar-refractivity contribution in [1.29, 1.82) is 0 Å². The van der Waals surface area contributed by atoms with E-state index in [4.69, 9.17) is 9.72 Å². The quantitative estimate of drug-likeness (QED) is 0.574. The highest BCUT2D eigenvalue weighted by molar-refractivity contribution is 9.10. The first-order chi connectivity index (χ1) is 13.2. The summed E-state index contributed by atoms with van der Waals surface area (Å²) in [5.41, 5.74) is 1.97. The molecule has 2 atom stereocenters. The summed E-state index contributed by atoms with van der Waals surface area (Å²) in [4.78, 5) is 20.0. The van der Waals surface area contributed by atoms with Gasteiger partial charge in [0.15, 0.2) is 5.13 Å². The monoisotopic (exact) mass is 446 g/mol.